The van der Waals surface area contributed by atoms with Crippen LogP contribution < -0.4 is 0 Å². The number of benzene rings is 1. The smallest absolute Gasteiger partial charge is 0.306 e. The first-order chi connectivity index (χ1) is 7.66. The Labute approximate surface area is 100 Å². The van der Waals surface area contributed by atoms with E-state index in [4.69, 9.17) is 16.7 Å². The Bertz CT molecular complexity index is 389. The monoisotopic (exact) mass is 238 g/mol. The average Bonchev–Trinajstić information content (AvgIpc) is 2.29. The van der Waals surface area contributed by atoms with Crippen LogP contribution in [0.1, 0.15) is 37.2 Å². The third kappa shape index (κ3) is 2.56. The van der Waals surface area contributed by atoms with Gasteiger partial charge in [0.25, 0.3) is 0 Å². The normalized spacial score (nSPS) is 25.3. The van der Waals surface area contributed by atoms with Crippen molar-refractivity contribution in [1.29, 1.82) is 0 Å². The van der Waals surface area contributed by atoms with E-state index in [2.05, 4.69) is 0 Å². The highest BCUT2D eigenvalue weighted by Crippen LogP contribution is 2.36. The van der Waals surface area contributed by atoms with Crippen molar-refractivity contribution in [2.45, 2.75) is 31.6 Å². The fourth-order valence-electron chi connectivity index (χ4n) is 2.48. The summed E-state index contributed by atoms with van der Waals surface area (Å²) in [5, 5.41) is 9.76. The van der Waals surface area contributed by atoms with Crippen molar-refractivity contribution in [1.82, 2.24) is 0 Å². The molecule has 1 fully saturated rings. The van der Waals surface area contributed by atoms with Crippen LogP contribution in [0.3, 0.4) is 0 Å². The number of carbonyl (C=O) groups is 1. The molecule has 3 heteroatoms. The molecule has 1 aromatic carbocycles. The fraction of sp³-hybridized carbons (Fsp3) is 0.462. The molecule has 0 aromatic heterocycles. The summed E-state index contributed by atoms with van der Waals surface area (Å²) in [6, 6.07) is 7.78. The Morgan fingerprint density at radius 1 is 1.38 bits per heavy atom. The predicted octanol–water partition coefficient (Wildman–Crippen LogP) is 3.70. The van der Waals surface area contributed by atoms with Crippen LogP contribution in [0.2, 0.25) is 5.02 Å². The maximum absolute atomic E-state index is 11.0. The van der Waals surface area contributed by atoms with E-state index in [1.165, 1.54) is 5.56 Å². The average molecular weight is 239 g/mol. The van der Waals surface area contributed by atoms with E-state index >= 15 is 0 Å². The Morgan fingerprint density at radius 2 is 2.19 bits per heavy atom. The standard InChI is InChI=1S/C13H15ClO2/c14-12-6-2-4-10(8-12)9-3-1-5-11(7-9)13(15)16/h2,4,6,8-9,11H,1,3,5,7H2,(H,15,16). The Hall–Kier alpha value is -1.02. The highest BCUT2D eigenvalue weighted by Gasteiger charge is 2.27. The summed E-state index contributed by atoms with van der Waals surface area (Å²) in [5.41, 5.74) is 1.18. The van der Waals surface area contributed by atoms with Gasteiger partial charge in [0.1, 0.15) is 0 Å². The molecule has 0 bridgehead atoms. The van der Waals surface area contributed by atoms with Gasteiger partial charge in [-0.3, -0.25) is 4.79 Å². The molecule has 0 amide bonds. The lowest BCUT2D eigenvalue weighted by Gasteiger charge is -2.26. The fourth-order valence-corrected chi connectivity index (χ4v) is 2.68. The Morgan fingerprint density at radius 3 is 2.88 bits per heavy atom. The number of rotatable bonds is 2. The second-order valence-electron chi connectivity index (χ2n) is 4.45. The van der Waals surface area contributed by atoms with Gasteiger partial charge in [-0.2, -0.15) is 0 Å². The molecule has 0 radical (unpaired) electrons. The maximum atomic E-state index is 11.0. The maximum Gasteiger partial charge on any atom is 0.306 e. The summed E-state index contributed by atoms with van der Waals surface area (Å²) >= 11 is 5.95. The Kier molecular flexibility index (Phi) is 3.49. The summed E-state index contributed by atoms with van der Waals surface area (Å²) in [6.45, 7) is 0. The number of hydrogen-bond acceptors (Lipinski definition) is 1. The second-order valence-corrected chi connectivity index (χ2v) is 4.89. The zero-order valence-electron chi connectivity index (χ0n) is 9.03. The van der Waals surface area contributed by atoms with E-state index in [9.17, 15) is 4.79 Å². The Balaban J connectivity index is 2.12. The minimum atomic E-state index is -0.660. The molecule has 2 nitrogen and oxygen atoms in total. The van der Waals surface area contributed by atoms with E-state index in [-0.39, 0.29) is 5.92 Å². The largest absolute Gasteiger partial charge is 0.481 e. The molecule has 86 valence electrons. The molecule has 0 aliphatic heterocycles. The molecule has 0 saturated heterocycles. The van der Waals surface area contributed by atoms with Crippen LogP contribution in [0.25, 0.3) is 0 Å². The van der Waals surface area contributed by atoms with Gasteiger partial charge in [-0.05, 0) is 42.9 Å². The molecule has 1 aromatic rings. The number of hydrogen-bond donors (Lipinski definition) is 1. The number of carboxylic acid groups (broad SMARTS) is 1. The molecule has 1 N–H and O–H groups in total. The van der Waals surface area contributed by atoms with Gasteiger partial charge >= 0.3 is 5.97 Å². The summed E-state index contributed by atoms with van der Waals surface area (Å²) < 4.78 is 0. The van der Waals surface area contributed by atoms with Crippen LogP contribution in [0.4, 0.5) is 0 Å². The van der Waals surface area contributed by atoms with Gasteiger partial charge in [0.05, 0.1) is 5.92 Å². The van der Waals surface area contributed by atoms with E-state index < -0.39 is 5.97 Å². The van der Waals surface area contributed by atoms with Crippen LogP contribution in [0.5, 0.6) is 0 Å². The first kappa shape index (κ1) is 11.5. The van der Waals surface area contributed by atoms with Crippen LogP contribution in [0, 0.1) is 5.92 Å². The highest BCUT2D eigenvalue weighted by molar-refractivity contribution is 6.30. The quantitative estimate of drug-likeness (QED) is 0.853. The van der Waals surface area contributed by atoms with Crippen molar-refractivity contribution in [3.63, 3.8) is 0 Å². The van der Waals surface area contributed by atoms with Gasteiger partial charge in [0, 0.05) is 5.02 Å². The first-order valence-corrected chi connectivity index (χ1v) is 6.03. The van der Waals surface area contributed by atoms with Crippen molar-refractivity contribution in [2.75, 3.05) is 0 Å². The minimum Gasteiger partial charge on any atom is -0.481 e. The van der Waals surface area contributed by atoms with Crippen LogP contribution in [0.15, 0.2) is 24.3 Å². The molecule has 0 spiro atoms. The van der Waals surface area contributed by atoms with Crippen LogP contribution >= 0.6 is 11.6 Å². The summed E-state index contributed by atoms with van der Waals surface area (Å²) in [5.74, 6) is -0.488. The number of carboxylic acids is 1. The third-order valence-electron chi connectivity index (χ3n) is 3.34. The van der Waals surface area contributed by atoms with Crippen LogP contribution in [-0.4, -0.2) is 11.1 Å². The van der Waals surface area contributed by atoms with E-state index in [1.807, 2.05) is 24.3 Å². The van der Waals surface area contributed by atoms with Gasteiger partial charge in [0.15, 0.2) is 0 Å². The summed E-state index contributed by atoms with van der Waals surface area (Å²) in [7, 11) is 0. The second kappa shape index (κ2) is 4.88. The lowest BCUT2D eigenvalue weighted by atomic mass is 9.78. The predicted molar refractivity (Wildman–Crippen MR) is 63.8 cm³/mol. The molecule has 1 aliphatic carbocycles. The zero-order valence-corrected chi connectivity index (χ0v) is 9.78. The van der Waals surface area contributed by atoms with Gasteiger partial charge in [-0.1, -0.05) is 30.2 Å². The lowest BCUT2D eigenvalue weighted by Crippen LogP contribution is -2.21. The van der Waals surface area contributed by atoms with Gasteiger partial charge in [0.2, 0.25) is 0 Å². The van der Waals surface area contributed by atoms with Crippen molar-refractivity contribution in [2.24, 2.45) is 5.92 Å². The molecule has 2 atom stereocenters. The minimum absolute atomic E-state index is 0.183. The van der Waals surface area contributed by atoms with Crippen molar-refractivity contribution in [3.05, 3.63) is 34.9 Å². The molecule has 0 heterocycles. The lowest BCUT2D eigenvalue weighted by molar-refractivity contribution is -0.142. The molecular weight excluding hydrogens is 224 g/mol. The molecule has 16 heavy (non-hydrogen) atoms. The zero-order chi connectivity index (χ0) is 11.5. The highest BCUT2D eigenvalue weighted by atomic mass is 35.5. The van der Waals surface area contributed by atoms with Crippen molar-refractivity contribution < 1.29 is 9.90 Å². The summed E-state index contributed by atoms with van der Waals surface area (Å²) in [6.07, 6.45) is 3.63. The van der Waals surface area contributed by atoms with Gasteiger partial charge < -0.3 is 5.11 Å². The molecule has 2 unspecified atom stereocenters. The molecule has 2 rings (SSSR count). The van der Waals surface area contributed by atoms with E-state index in [0.717, 1.165) is 30.7 Å². The summed E-state index contributed by atoms with van der Waals surface area (Å²) in [4.78, 5) is 11.0. The molecule has 1 saturated carbocycles. The first-order valence-electron chi connectivity index (χ1n) is 5.65. The van der Waals surface area contributed by atoms with Gasteiger partial charge in [-0.15, -0.1) is 0 Å². The topological polar surface area (TPSA) is 37.3 Å². The third-order valence-corrected chi connectivity index (χ3v) is 3.58. The number of aliphatic carboxylic acids is 1. The van der Waals surface area contributed by atoms with Crippen LogP contribution in [-0.2, 0) is 4.79 Å². The van der Waals surface area contributed by atoms with E-state index in [1.54, 1.807) is 0 Å². The molecule has 1 aliphatic rings. The van der Waals surface area contributed by atoms with Gasteiger partial charge in [-0.25, -0.2) is 0 Å². The van der Waals surface area contributed by atoms with Crippen molar-refractivity contribution in [3.8, 4) is 0 Å². The van der Waals surface area contributed by atoms with E-state index in [0.29, 0.717) is 5.92 Å². The SMILES string of the molecule is O=C(O)C1CCCC(c2cccc(Cl)c2)C1. The van der Waals surface area contributed by atoms with Crippen molar-refractivity contribution >= 4 is 17.6 Å². The number of halogens is 1. The molecular formula is C13H15ClO2.